The highest BCUT2D eigenvalue weighted by Gasteiger charge is 2.09. The molecule has 7 heteroatoms. The maximum absolute atomic E-state index is 5.83. The second kappa shape index (κ2) is 6.10. The molecule has 2 N–H and O–H groups in total. The van der Waals surface area contributed by atoms with Crippen molar-refractivity contribution in [3.05, 3.63) is 48.9 Å². The van der Waals surface area contributed by atoms with Crippen molar-refractivity contribution in [2.24, 2.45) is 0 Å². The first-order valence-corrected chi connectivity index (χ1v) is 8.54. The predicted molar refractivity (Wildman–Crippen MR) is 103 cm³/mol. The average Bonchev–Trinajstić information content (AvgIpc) is 3.05. The van der Waals surface area contributed by atoms with Crippen molar-refractivity contribution in [2.75, 3.05) is 24.7 Å². The fourth-order valence-electron chi connectivity index (χ4n) is 2.44. The Morgan fingerprint density at radius 2 is 1.68 bits per heavy atom. The van der Waals surface area contributed by atoms with E-state index in [1.54, 1.807) is 29.9 Å². The number of pyridine rings is 1. The van der Waals surface area contributed by atoms with Gasteiger partial charge >= 0.3 is 0 Å². The maximum Gasteiger partial charge on any atom is 0.160 e. The summed E-state index contributed by atoms with van der Waals surface area (Å²) in [7, 11) is 3.91. The highest BCUT2D eigenvalue weighted by Crippen LogP contribution is 2.31. The molecule has 0 aliphatic heterocycles. The zero-order valence-electron chi connectivity index (χ0n) is 13.8. The molecular weight excluding hydrogens is 332 g/mol. The highest BCUT2D eigenvalue weighted by molar-refractivity contribution is 7.21. The number of hydrogen-bond acceptors (Lipinski definition) is 7. The summed E-state index contributed by atoms with van der Waals surface area (Å²) >= 11 is 1.58. The predicted octanol–water partition coefficient (Wildman–Crippen LogP) is 3.46. The number of nitrogen functional groups attached to an aromatic ring is 1. The van der Waals surface area contributed by atoms with E-state index in [2.05, 4.69) is 19.9 Å². The van der Waals surface area contributed by atoms with Gasteiger partial charge in [0, 0.05) is 49.5 Å². The Balaban J connectivity index is 1.64. The van der Waals surface area contributed by atoms with Crippen molar-refractivity contribution >= 4 is 33.1 Å². The third-order valence-corrected chi connectivity index (χ3v) is 4.84. The van der Waals surface area contributed by atoms with Crippen molar-refractivity contribution in [2.45, 2.75) is 0 Å². The molecule has 0 unspecified atom stereocenters. The van der Waals surface area contributed by atoms with Gasteiger partial charge in [-0.25, -0.2) is 19.9 Å². The van der Waals surface area contributed by atoms with Gasteiger partial charge in [0.1, 0.15) is 10.8 Å². The van der Waals surface area contributed by atoms with Crippen LogP contribution in [0, 0.1) is 0 Å². The van der Waals surface area contributed by atoms with Crippen LogP contribution in [-0.2, 0) is 0 Å². The molecule has 0 atom stereocenters. The first-order valence-electron chi connectivity index (χ1n) is 7.72. The minimum absolute atomic E-state index is 0.645. The lowest BCUT2D eigenvalue weighted by Crippen LogP contribution is -2.10. The van der Waals surface area contributed by atoms with Crippen LogP contribution in [0.15, 0.2) is 48.9 Å². The van der Waals surface area contributed by atoms with Crippen LogP contribution < -0.4 is 10.6 Å². The third kappa shape index (κ3) is 3.01. The monoisotopic (exact) mass is 348 g/mol. The topological polar surface area (TPSA) is 80.8 Å². The van der Waals surface area contributed by atoms with Gasteiger partial charge in [0.05, 0.1) is 10.2 Å². The van der Waals surface area contributed by atoms with Crippen molar-refractivity contribution in [1.82, 2.24) is 19.9 Å². The molecule has 0 bridgehead atoms. The van der Waals surface area contributed by atoms with E-state index in [1.807, 2.05) is 49.3 Å². The van der Waals surface area contributed by atoms with Crippen LogP contribution in [-0.4, -0.2) is 34.0 Å². The van der Waals surface area contributed by atoms with Crippen LogP contribution in [0.2, 0.25) is 0 Å². The van der Waals surface area contributed by atoms with Gasteiger partial charge in [0.15, 0.2) is 5.82 Å². The molecule has 124 valence electrons. The van der Waals surface area contributed by atoms with E-state index >= 15 is 0 Å². The molecule has 4 rings (SSSR count). The molecule has 4 aromatic rings. The average molecular weight is 348 g/mol. The van der Waals surface area contributed by atoms with Crippen LogP contribution in [0.4, 0.5) is 11.5 Å². The third-order valence-electron chi connectivity index (χ3n) is 3.78. The number of aromatic nitrogens is 4. The largest absolute Gasteiger partial charge is 0.399 e. The molecule has 0 spiro atoms. The van der Waals surface area contributed by atoms with Gasteiger partial charge in [-0.15, -0.1) is 11.3 Å². The van der Waals surface area contributed by atoms with Gasteiger partial charge in [-0.2, -0.15) is 0 Å². The Morgan fingerprint density at radius 3 is 2.36 bits per heavy atom. The standard InChI is InChI=1S/C18H16N6S/c1-24(2)16-6-3-11(8-20-16)17-21-9-12(10-22-17)18-23-14-5-4-13(19)7-15(14)25-18/h3-10H,19H2,1-2H3. The molecule has 0 saturated carbocycles. The van der Waals surface area contributed by atoms with E-state index < -0.39 is 0 Å². The maximum atomic E-state index is 5.83. The van der Waals surface area contributed by atoms with Gasteiger partial charge in [-0.1, -0.05) is 0 Å². The van der Waals surface area contributed by atoms with Crippen LogP contribution in [0.3, 0.4) is 0 Å². The zero-order valence-corrected chi connectivity index (χ0v) is 14.7. The van der Waals surface area contributed by atoms with Crippen molar-refractivity contribution < 1.29 is 0 Å². The zero-order chi connectivity index (χ0) is 17.4. The van der Waals surface area contributed by atoms with Crippen molar-refractivity contribution in [3.63, 3.8) is 0 Å². The van der Waals surface area contributed by atoms with E-state index in [1.165, 1.54) is 0 Å². The highest BCUT2D eigenvalue weighted by atomic mass is 32.1. The fraction of sp³-hybridized carbons (Fsp3) is 0.111. The molecule has 1 aromatic carbocycles. The molecule has 0 aliphatic carbocycles. The van der Waals surface area contributed by atoms with Gasteiger partial charge in [0.2, 0.25) is 0 Å². The van der Waals surface area contributed by atoms with Gasteiger partial charge < -0.3 is 10.6 Å². The first-order chi connectivity index (χ1) is 12.1. The summed E-state index contributed by atoms with van der Waals surface area (Å²) in [4.78, 5) is 19.9. The summed E-state index contributed by atoms with van der Waals surface area (Å²) < 4.78 is 1.06. The molecular formula is C18H16N6S. The second-order valence-corrected chi connectivity index (χ2v) is 6.87. The molecule has 0 saturated heterocycles. The molecule has 0 radical (unpaired) electrons. The normalized spacial score (nSPS) is 11.0. The number of nitrogens with two attached hydrogens (primary N) is 1. The lowest BCUT2D eigenvalue weighted by molar-refractivity contribution is 1.06. The van der Waals surface area contributed by atoms with E-state index in [0.717, 1.165) is 37.9 Å². The van der Waals surface area contributed by atoms with E-state index in [-0.39, 0.29) is 0 Å². The van der Waals surface area contributed by atoms with Gasteiger partial charge in [0.25, 0.3) is 0 Å². The summed E-state index contributed by atoms with van der Waals surface area (Å²) in [5.74, 6) is 1.54. The Bertz CT molecular complexity index is 1020. The van der Waals surface area contributed by atoms with Crippen LogP contribution in [0.25, 0.3) is 32.2 Å². The number of nitrogens with zero attached hydrogens (tertiary/aromatic N) is 5. The molecule has 25 heavy (non-hydrogen) atoms. The number of hydrogen-bond donors (Lipinski definition) is 1. The lowest BCUT2D eigenvalue weighted by Gasteiger charge is -2.10. The fourth-order valence-corrected chi connectivity index (χ4v) is 3.42. The van der Waals surface area contributed by atoms with E-state index in [4.69, 9.17) is 5.73 Å². The number of rotatable bonds is 3. The Hall–Kier alpha value is -3.06. The molecule has 0 fully saturated rings. The summed E-state index contributed by atoms with van der Waals surface area (Å²) in [6.07, 6.45) is 5.37. The minimum Gasteiger partial charge on any atom is -0.399 e. The smallest absolute Gasteiger partial charge is 0.160 e. The molecule has 0 amide bonds. The van der Waals surface area contributed by atoms with Gasteiger partial charge in [-0.3, -0.25) is 0 Å². The Kier molecular flexibility index (Phi) is 3.77. The summed E-state index contributed by atoms with van der Waals surface area (Å²) in [5, 5.41) is 0.883. The number of anilines is 2. The number of thiazole rings is 1. The second-order valence-electron chi connectivity index (χ2n) is 5.84. The summed E-state index contributed by atoms with van der Waals surface area (Å²) in [6, 6.07) is 9.64. The quantitative estimate of drug-likeness (QED) is 0.571. The summed E-state index contributed by atoms with van der Waals surface area (Å²) in [6.45, 7) is 0. The molecule has 0 aliphatic rings. The Morgan fingerprint density at radius 1 is 0.920 bits per heavy atom. The van der Waals surface area contributed by atoms with Crippen molar-refractivity contribution in [3.8, 4) is 22.0 Å². The molecule has 3 heterocycles. The van der Waals surface area contributed by atoms with Crippen LogP contribution >= 0.6 is 11.3 Å². The first kappa shape index (κ1) is 15.5. The van der Waals surface area contributed by atoms with Gasteiger partial charge in [-0.05, 0) is 30.3 Å². The lowest BCUT2D eigenvalue weighted by atomic mass is 10.2. The number of fused-ring (bicyclic) bond motifs is 1. The van der Waals surface area contributed by atoms with Crippen LogP contribution in [0.1, 0.15) is 0 Å². The summed E-state index contributed by atoms with van der Waals surface area (Å²) in [5.41, 5.74) is 9.28. The van der Waals surface area contributed by atoms with E-state index in [0.29, 0.717) is 5.82 Å². The van der Waals surface area contributed by atoms with Crippen LogP contribution in [0.5, 0.6) is 0 Å². The molecule has 6 nitrogen and oxygen atoms in total. The number of benzene rings is 1. The SMILES string of the molecule is CN(C)c1ccc(-c2ncc(-c3nc4ccc(N)cc4s3)cn2)cn1. The van der Waals surface area contributed by atoms with E-state index in [9.17, 15) is 0 Å². The Labute approximate surface area is 149 Å². The van der Waals surface area contributed by atoms with Crippen molar-refractivity contribution in [1.29, 1.82) is 0 Å². The minimum atomic E-state index is 0.645. The molecule has 3 aromatic heterocycles.